The summed E-state index contributed by atoms with van der Waals surface area (Å²) >= 11 is 3.33. The number of carbonyl (C=O) groups is 1. The van der Waals surface area contributed by atoms with E-state index in [1.165, 1.54) is 11.1 Å². The fraction of sp³-hybridized carbons (Fsp3) is 0. The number of carbonyl (C=O) groups excluding carboxylic acids is 1. The summed E-state index contributed by atoms with van der Waals surface area (Å²) in [5.74, 6) is 0. The van der Waals surface area contributed by atoms with Gasteiger partial charge in [0.1, 0.15) is 6.29 Å². The molecule has 3 heteroatoms. The van der Waals surface area contributed by atoms with E-state index in [1.54, 1.807) is 22.7 Å². The van der Waals surface area contributed by atoms with Gasteiger partial charge in [-0.2, -0.15) is 22.7 Å². The highest BCUT2D eigenvalue weighted by Crippen LogP contribution is 2.30. The van der Waals surface area contributed by atoms with Crippen LogP contribution >= 0.6 is 22.7 Å². The molecule has 0 atom stereocenters. The largest absolute Gasteiger partial charge is 0.298 e. The fourth-order valence-corrected chi connectivity index (χ4v) is 3.24. The Labute approximate surface area is 113 Å². The van der Waals surface area contributed by atoms with Crippen molar-refractivity contribution in [1.29, 1.82) is 0 Å². The van der Waals surface area contributed by atoms with E-state index in [1.807, 2.05) is 22.9 Å². The molecule has 0 bridgehead atoms. The molecular formula is C15H10OS2. The van der Waals surface area contributed by atoms with Crippen molar-refractivity contribution < 1.29 is 4.79 Å². The Morgan fingerprint density at radius 2 is 1.33 bits per heavy atom. The normalized spacial score (nSPS) is 10.4. The van der Waals surface area contributed by atoms with Gasteiger partial charge in [0.25, 0.3) is 0 Å². The highest BCUT2D eigenvalue weighted by atomic mass is 32.1. The van der Waals surface area contributed by atoms with Gasteiger partial charge in [0.15, 0.2) is 0 Å². The molecule has 88 valence electrons. The van der Waals surface area contributed by atoms with E-state index < -0.39 is 0 Å². The van der Waals surface area contributed by atoms with Crippen molar-refractivity contribution in [2.24, 2.45) is 0 Å². The van der Waals surface area contributed by atoms with Crippen molar-refractivity contribution in [1.82, 2.24) is 0 Å². The third kappa shape index (κ3) is 2.15. The lowest BCUT2D eigenvalue weighted by atomic mass is 9.99. The van der Waals surface area contributed by atoms with Crippen LogP contribution < -0.4 is 0 Å². The van der Waals surface area contributed by atoms with Gasteiger partial charge in [-0.05, 0) is 74.1 Å². The van der Waals surface area contributed by atoms with E-state index in [0.717, 1.165) is 23.0 Å². The minimum Gasteiger partial charge on any atom is -0.298 e. The summed E-state index contributed by atoms with van der Waals surface area (Å²) in [6.45, 7) is 0. The van der Waals surface area contributed by atoms with Crippen LogP contribution in [-0.2, 0) is 0 Å². The molecular weight excluding hydrogens is 260 g/mol. The van der Waals surface area contributed by atoms with Crippen molar-refractivity contribution in [3.8, 4) is 22.3 Å². The molecule has 2 aromatic heterocycles. The van der Waals surface area contributed by atoms with E-state index in [-0.39, 0.29) is 0 Å². The summed E-state index contributed by atoms with van der Waals surface area (Å²) in [6.07, 6.45) is 0.908. The summed E-state index contributed by atoms with van der Waals surface area (Å²) < 4.78 is 0. The molecule has 18 heavy (non-hydrogen) atoms. The van der Waals surface area contributed by atoms with Gasteiger partial charge < -0.3 is 0 Å². The third-order valence-corrected chi connectivity index (χ3v) is 4.17. The second-order valence-electron chi connectivity index (χ2n) is 3.99. The molecule has 0 saturated carbocycles. The molecule has 2 heterocycles. The van der Waals surface area contributed by atoms with E-state index >= 15 is 0 Å². The van der Waals surface area contributed by atoms with Gasteiger partial charge in [0, 0.05) is 5.56 Å². The Morgan fingerprint density at radius 1 is 0.778 bits per heavy atom. The lowest BCUT2D eigenvalue weighted by molar-refractivity contribution is 0.112. The van der Waals surface area contributed by atoms with Crippen LogP contribution in [0.1, 0.15) is 10.4 Å². The first-order chi connectivity index (χ1) is 8.86. The van der Waals surface area contributed by atoms with Crippen LogP contribution in [0.4, 0.5) is 0 Å². The molecule has 0 unspecified atom stereocenters. The van der Waals surface area contributed by atoms with Crippen LogP contribution in [-0.4, -0.2) is 6.29 Å². The van der Waals surface area contributed by atoms with Gasteiger partial charge in [-0.25, -0.2) is 0 Å². The highest BCUT2D eigenvalue weighted by Gasteiger charge is 2.05. The quantitative estimate of drug-likeness (QED) is 0.615. The van der Waals surface area contributed by atoms with E-state index in [9.17, 15) is 4.79 Å². The predicted octanol–water partition coefficient (Wildman–Crippen LogP) is 4.96. The molecule has 0 N–H and O–H groups in total. The van der Waals surface area contributed by atoms with E-state index in [2.05, 4.69) is 29.0 Å². The summed E-state index contributed by atoms with van der Waals surface area (Å²) in [5.41, 5.74) is 5.25. The number of hydrogen-bond acceptors (Lipinski definition) is 3. The van der Waals surface area contributed by atoms with Crippen LogP contribution in [0.2, 0.25) is 0 Å². The van der Waals surface area contributed by atoms with Crippen LogP contribution in [0.25, 0.3) is 22.3 Å². The average Bonchev–Trinajstić information content (AvgIpc) is 3.10. The Bertz CT molecular complexity index is 599. The van der Waals surface area contributed by atoms with Gasteiger partial charge >= 0.3 is 0 Å². The minimum absolute atomic E-state index is 0.722. The second kappa shape index (κ2) is 4.88. The standard InChI is InChI=1S/C15H10OS2/c16-8-11-5-14(12-1-3-17-9-12)7-15(6-11)13-2-4-18-10-13/h1-10H. The number of hydrogen-bond donors (Lipinski definition) is 0. The molecule has 3 aromatic rings. The fourth-order valence-electron chi connectivity index (χ4n) is 1.91. The molecule has 0 fully saturated rings. The number of rotatable bonds is 3. The number of thiophene rings is 2. The topological polar surface area (TPSA) is 17.1 Å². The molecule has 3 rings (SSSR count). The zero-order chi connectivity index (χ0) is 12.4. The van der Waals surface area contributed by atoms with Gasteiger partial charge in [0.05, 0.1) is 0 Å². The molecule has 0 amide bonds. The maximum atomic E-state index is 11.1. The number of benzene rings is 1. The van der Waals surface area contributed by atoms with Gasteiger partial charge in [-0.1, -0.05) is 0 Å². The predicted molar refractivity (Wildman–Crippen MR) is 78.5 cm³/mol. The molecule has 0 spiro atoms. The summed E-state index contributed by atoms with van der Waals surface area (Å²) in [7, 11) is 0. The van der Waals surface area contributed by atoms with Gasteiger partial charge in [-0.15, -0.1) is 0 Å². The first-order valence-corrected chi connectivity index (χ1v) is 7.41. The second-order valence-corrected chi connectivity index (χ2v) is 5.55. The van der Waals surface area contributed by atoms with Crippen molar-refractivity contribution in [2.75, 3.05) is 0 Å². The maximum absolute atomic E-state index is 11.1. The first-order valence-electron chi connectivity index (χ1n) is 5.52. The Morgan fingerprint density at radius 3 is 1.72 bits per heavy atom. The maximum Gasteiger partial charge on any atom is 0.150 e. The van der Waals surface area contributed by atoms with Crippen molar-refractivity contribution in [3.05, 3.63) is 57.4 Å². The van der Waals surface area contributed by atoms with Crippen LogP contribution in [0.5, 0.6) is 0 Å². The molecule has 0 radical (unpaired) electrons. The minimum atomic E-state index is 0.722. The molecule has 0 aliphatic heterocycles. The lowest BCUT2D eigenvalue weighted by Gasteiger charge is -2.04. The summed E-state index contributed by atoms with van der Waals surface area (Å²) in [6, 6.07) is 10.2. The van der Waals surface area contributed by atoms with Crippen LogP contribution in [0.15, 0.2) is 51.9 Å². The number of aldehydes is 1. The lowest BCUT2D eigenvalue weighted by Crippen LogP contribution is -1.85. The first kappa shape index (κ1) is 11.4. The zero-order valence-corrected chi connectivity index (χ0v) is 11.1. The zero-order valence-electron chi connectivity index (χ0n) is 9.50. The Balaban J connectivity index is 2.16. The van der Waals surface area contributed by atoms with Crippen LogP contribution in [0, 0.1) is 0 Å². The summed E-state index contributed by atoms with van der Waals surface area (Å²) in [5, 5.41) is 8.29. The van der Waals surface area contributed by atoms with E-state index in [0.29, 0.717) is 0 Å². The average molecular weight is 270 g/mol. The van der Waals surface area contributed by atoms with Crippen molar-refractivity contribution in [3.63, 3.8) is 0 Å². The SMILES string of the molecule is O=Cc1cc(-c2ccsc2)cc(-c2ccsc2)c1. The van der Waals surface area contributed by atoms with E-state index in [4.69, 9.17) is 0 Å². The van der Waals surface area contributed by atoms with Crippen molar-refractivity contribution in [2.45, 2.75) is 0 Å². The third-order valence-electron chi connectivity index (χ3n) is 2.80. The van der Waals surface area contributed by atoms with Crippen LogP contribution in [0.3, 0.4) is 0 Å². The molecule has 0 saturated heterocycles. The molecule has 0 aliphatic carbocycles. The summed E-state index contributed by atoms with van der Waals surface area (Å²) in [4.78, 5) is 11.1. The van der Waals surface area contributed by atoms with Gasteiger partial charge in [-0.3, -0.25) is 4.79 Å². The smallest absolute Gasteiger partial charge is 0.150 e. The Kier molecular flexibility index (Phi) is 3.09. The molecule has 0 aliphatic rings. The highest BCUT2D eigenvalue weighted by molar-refractivity contribution is 7.08. The Hall–Kier alpha value is -1.71. The monoisotopic (exact) mass is 270 g/mol. The van der Waals surface area contributed by atoms with Crippen molar-refractivity contribution >= 4 is 29.0 Å². The molecule has 1 aromatic carbocycles. The van der Waals surface area contributed by atoms with Gasteiger partial charge in [0.2, 0.25) is 0 Å². The molecule has 1 nitrogen and oxygen atoms in total.